The summed E-state index contributed by atoms with van der Waals surface area (Å²) in [6, 6.07) is 9.64. The number of amides is 6. The summed E-state index contributed by atoms with van der Waals surface area (Å²) in [5.41, 5.74) is 0.807. The van der Waals surface area contributed by atoms with Gasteiger partial charge in [-0.05, 0) is 54.7 Å². The molecule has 0 bridgehead atoms. The van der Waals surface area contributed by atoms with E-state index in [0.29, 0.717) is 42.6 Å². The maximum absolute atomic E-state index is 13.7. The lowest BCUT2D eigenvalue weighted by atomic mass is 9.94. The Kier molecular flexibility index (Phi) is 7.52. The summed E-state index contributed by atoms with van der Waals surface area (Å²) in [4.78, 5) is 67.2. The summed E-state index contributed by atoms with van der Waals surface area (Å²) in [5.74, 6) is -1.65. The van der Waals surface area contributed by atoms with Crippen LogP contribution in [0.2, 0.25) is 0 Å². The molecule has 0 radical (unpaired) electrons. The predicted octanol–water partition coefficient (Wildman–Crippen LogP) is 2.87. The number of urea groups is 1. The van der Waals surface area contributed by atoms with E-state index in [1.165, 1.54) is 41.1 Å². The molecule has 5 rings (SSSR count). The smallest absolute Gasteiger partial charge is 0.418 e. The molecule has 12 nitrogen and oxygen atoms in total. The molecule has 2 fully saturated rings. The van der Waals surface area contributed by atoms with E-state index < -0.39 is 54.0 Å². The number of carboxylic acid groups (broad SMARTS) is 1. The fourth-order valence-electron chi connectivity index (χ4n) is 5.74. The number of aryl methyl sites for hydroxylation is 1. The predicted molar refractivity (Wildman–Crippen MR) is 142 cm³/mol. The van der Waals surface area contributed by atoms with Crippen molar-refractivity contribution in [2.24, 2.45) is 0 Å². The zero-order chi connectivity index (χ0) is 29.3. The molecule has 2 aromatic carbocycles. The largest absolute Gasteiger partial charge is 0.465 e. The lowest BCUT2D eigenvalue weighted by Crippen LogP contribution is -2.53. The average Bonchev–Trinajstić information content (AvgIpc) is 3.44. The molecule has 1 aliphatic carbocycles. The zero-order valence-electron chi connectivity index (χ0n) is 22.4. The average molecular weight is 568 g/mol. The number of ether oxygens (including phenoxy) is 1. The van der Waals surface area contributed by atoms with Gasteiger partial charge in [-0.1, -0.05) is 18.2 Å². The van der Waals surface area contributed by atoms with Crippen LogP contribution >= 0.6 is 0 Å². The molecule has 13 heteroatoms. The van der Waals surface area contributed by atoms with Crippen LogP contribution in [0.25, 0.3) is 0 Å². The molecule has 0 aromatic heterocycles. The molecular formula is C28H30FN5O7. The normalized spacial score (nSPS) is 21.5. The number of hydrogen-bond donors (Lipinski definition) is 3. The van der Waals surface area contributed by atoms with E-state index >= 15 is 0 Å². The minimum absolute atomic E-state index is 0.0450. The third-order valence-corrected chi connectivity index (χ3v) is 7.83. The Morgan fingerprint density at radius 1 is 1.17 bits per heavy atom. The number of carbonyl (C=O) groups is 5. The molecule has 2 heterocycles. The Labute approximate surface area is 235 Å². The van der Waals surface area contributed by atoms with E-state index in [4.69, 9.17) is 4.74 Å². The number of likely N-dealkylation sites (tertiary alicyclic amines) is 1. The van der Waals surface area contributed by atoms with Gasteiger partial charge in [0.2, 0.25) is 11.5 Å². The Balaban J connectivity index is 1.37. The first-order valence-electron chi connectivity index (χ1n) is 13.3. The van der Waals surface area contributed by atoms with Gasteiger partial charge >= 0.3 is 18.2 Å². The molecule has 2 atom stereocenters. The van der Waals surface area contributed by atoms with Crippen molar-refractivity contribution >= 4 is 35.7 Å². The van der Waals surface area contributed by atoms with Crippen molar-refractivity contribution in [2.45, 2.75) is 43.9 Å². The highest BCUT2D eigenvalue weighted by Gasteiger charge is 2.58. The van der Waals surface area contributed by atoms with Gasteiger partial charge in [0, 0.05) is 50.4 Å². The lowest BCUT2D eigenvalue weighted by Gasteiger charge is -2.38. The molecule has 2 aliphatic heterocycles. The first kappa shape index (κ1) is 27.9. The number of nitrogens with one attached hydrogen (secondary N) is 2. The van der Waals surface area contributed by atoms with Gasteiger partial charge in [0.25, 0.3) is 5.91 Å². The standard InChI is InChI=1S/C28H30FN5O7/c1-30-25(37)31-20-8-9-22-18(13-20)10-11-28(22)24(36)34(27(40)41-28)16-23(35)33(14-17-4-6-19(29)7-5-17)21-3-2-12-32(15-21)26(38)39/h4-9,13,21H,2-3,10-12,14-16H2,1H3,(H,38,39)(H2,30,31,37)/t21-,28+/m0/s1. The van der Waals surface area contributed by atoms with Crippen LogP contribution in [-0.2, 0) is 32.9 Å². The Morgan fingerprint density at radius 2 is 1.93 bits per heavy atom. The van der Waals surface area contributed by atoms with E-state index in [1.54, 1.807) is 18.2 Å². The molecular weight excluding hydrogens is 537 g/mol. The van der Waals surface area contributed by atoms with Gasteiger partial charge in [-0.2, -0.15) is 0 Å². The lowest BCUT2D eigenvalue weighted by molar-refractivity contribution is -0.143. The number of piperidine rings is 1. The minimum atomic E-state index is -1.56. The quantitative estimate of drug-likeness (QED) is 0.486. The molecule has 0 unspecified atom stereocenters. The van der Waals surface area contributed by atoms with Gasteiger partial charge in [0.1, 0.15) is 12.4 Å². The first-order chi connectivity index (χ1) is 19.6. The summed E-state index contributed by atoms with van der Waals surface area (Å²) in [6.45, 7) is -0.132. The van der Waals surface area contributed by atoms with Gasteiger partial charge < -0.3 is 30.3 Å². The van der Waals surface area contributed by atoms with E-state index in [9.17, 15) is 33.5 Å². The van der Waals surface area contributed by atoms with E-state index in [0.717, 1.165) is 10.5 Å². The second-order valence-electron chi connectivity index (χ2n) is 10.3. The van der Waals surface area contributed by atoms with Gasteiger partial charge in [0.05, 0.1) is 0 Å². The number of hydrogen-bond acceptors (Lipinski definition) is 6. The van der Waals surface area contributed by atoms with Gasteiger partial charge in [-0.25, -0.2) is 23.7 Å². The highest BCUT2D eigenvalue weighted by molar-refractivity contribution is 6.06. The van der Waals surface area contributed by atoms with Crippen LogP contribution in [0, 0.1) is 5.82 Å². The fourth-order valence-corrected chi connectivity index (χ4v) is 5.74. The van der Waals surface area contributed by atoms with Crippen molar-refractivity contribution in [3.63, 3.8) is 0 Å². The summed E-state index contributed by atoms with van der Waals surface area (Å²) in [5, 5.41) is 14.6. The van der Waals surface area contributed by atoms with Crippen molar-refractivity contribution in [3.8, 4) is 0 Å². The fraction of sp³-hybridized carbons (Fsp3) is 0.393. The van der Waals surface area contributed by atoms with E-state index in [1.807, 2.05) is 0 Å². The van der Waals surface area contributed by atoms with Crippen LogP contribution in [0.1, 0.15) is 36.0 Å². The molecule has 216 valence electrons. The number of rotatable bonds is 6. The van der Waals surface area contributed by atoms with E-state index in [2.05, 4.69) is 10.6 Å². The summed E-state index contributed by atoms with van der Waals surface area (Å²) < 4.78 is 19.2. The zero-order valence-corrected chi connectivity index (χ0v) is 22.4. The first-order valence-corrected chi connectivity index (χ1v) is 13.3. The Morgan fingerprint density at radius 3 is 2.63 bits per heavy atom. The molecule has 0 saturated carbocycles. The summed E-state index contributed by atoms with van der Waals surface area (Å²) in [6.07, 6.45) is -0.372. The molecule has 2 aromatic rings. The minimum Gasteiger partial charge on any atom is -0.465 e. The summed E-state index contributed by atoms with van der Waals surface area (Å²) >= 11 is 0. The number of halogens is 1. The van der Waals surface area contributed by atoms with Crippen LogP contribution in [0.3, 0.4) is 0 Å². The maximum Gasteiger partial charge on any atom is 0.418 e. The molecule has 3 N–H and O–H groups in total. The van der Waals surface area contributed by atoms with Crippen LogP contribution in [-0.4, -0.2) is 82.6 Å². The second kappa shape index (κ2) is 11.1. The Hall–Kier alpha value is -4.68. The molecule has 6 amide bonds. The van der Waals surface area contributed by atoms with Gasteiger partial charge in [0.15, 0.2) is 0 Å². The molecule has 2 saturated heterocycles. The van der Waals surface area contributed by atoms with Crippen LogP contribution in [0.5, 0.6) is 0 Å². The number of anilines is 1. The highest BCUT2D eigenvalue weighted by atomic mass is 19.1. The third-order valence-electron chi connectivity index (χ3n) is 7.83. The monoisotopic (exact) mass is 567 g/mol. The number of imide groups is 1. The topological polar surface area (TPSA) is 149 Å². The highest BCUT2D eigenvalue weighted by Crippen LogP contribution is 2.46. The molecule has 41 heavy (non-hydrogen) atoms. The van der Waals surface area contributed by atoms with Crippen molar-refractivity contribution in [1.82, 2.24) is 20.0 Å². The van der Waals surface area contributed by atoms with Crippen molar-refractivity contribution in [3.05, 3.63) is 65.0 Å². The van der Waals surface area contributed by atoms with Crippen molar-refractivity contribution < 1.29 is 38.2 Å². The van der Waals surface area contributed by atoms with Crippen LogP contribution in [0.15, 0.2) is 42.5 Å². The molecule has 1 spiro atoms. The van der Waals surface area contributed by atoms with Gasteiger partial charge in [-0.3, -0.25) is 9.59 Å². The maximum atomic E-state index is 13.7. The van der Waals surface area contributed by atoms with Crippen LogP contribution < -0.4 is 10.6 Å². The third kappa shape index (κ3) is 5.39. The summed E-state index contributed by atoms with van der Waals surface area (Å²) in [7, 11) is 1.49. The van der Waals surface area contributed by atoms with Crippen LogP contribution in [0.4, 0.5) is 24.5 Å². The van der Waals surface area contributed by atoms with Crippen molar-refractivity contribution in [1.29, 1.82) is 0 Å². The van der Waals surface area contributed by atoms with Crippen molar-refractivity contribution in [2.75, 3.05) is 32.0 Å². The Bertz CT molecular complexity index is 1400. The second-order valence-corrected chi connectivity index (χ2v) is 10.3. The number of nitrogens with zero attached hydrogens (tertiary/aromatic N) is 3. The van der Waals surface area contributed by atoms with Gasteiger partial charge in [-0.15, -0.1) is 0 Å². The SMILES string of the molecule is CNC(=O)Nc1ccc2c(c1)CC[C@@]21OC(=O)N(CC(=O)N(Cc2ccc(F)cc2)[C@H]2CCCN(C(=O)O)C2)C1=O. The number of carbonyl (C=O) groups excluding carboxylic acids is 4. The number of fused-ring (bicyclic) bond motifs is 2. The van der Waals surface area contributed by atoms with E-state index in [-0.39, 0.29) is 19.5 Å². The molecule has 3 aliphatic rings. The number of benzene rings is 2.